The summed E-state index contributed by atoms with van der Waals surface area (Å²) < 4.78 is 4.20. The van der Waals surface area contributed by atoms with Crippen molar-refractivity contribution in [2.45, 2.75) is 32.0 Å². The molecule has 4 nitrogen and oxygen atoms in total. The molecule has 0 spiro atoms. The largest absolute Gasteiger partial charge is 0.419 e. The minimum absolute atomic E-state index is 0. The fourth-order valence-corrected chi connectivity index (χ4v) is 8.06. The molecule has 1 aliphatic carbocycles. The van der Waals surface area contributed by atoms with E-state index in [1.807, 2.05) is 30.6 Å². The molecule has 7 heteroatoms. The molecule has 2 heterocycles. The van der Waals surface area contributed by atoms with Gasteiger partial charge in [0.25, 0.3) is 6.42 Å². The Morgan fingerprint density at radius 3 is 1.49 bits per heavy atom. The molecular formula is C30H36BN4PRh. The van der Waals surface area contributed by atoms with E-state index in [1.54, 1.807) is 0 Å². The minimum atomic E-state index is -1.29. The first-order chi connectivity index (χ1) is 17.8. The van der Waals surface area contributed by atoms with Gasteiger partial charge in [-0.1, -0.05) is 60.7 Å². The number of nitrogens with zero attached hydrogens (tertiary/aromatic N) is 4. The average molecular weight is 597 g/mol. The summed E-state index contributed by atoms with van der Waals surface area (Å²) in [5.74, 6) is 0. The summed E-state index contributed by atoms with van der Waals surface area (Å²) in [6.07, 6.45) is 23.3. The average Bonchev–Trinajstić information content (AvgIpc) is 3.63. The summed E-state index contributed by atoms with van der Waals surface area (Å²) in [5.41, 5.74) is 0. The van der Waals surface area contributed by atoms with E-state index in [-0.39, 0.29) is 19.5 Å². The van der Waals surface area contributed by atoms with Gasteiger partial charge in [-0.3, -0.25) is 0 Å². The molecule has 4 aromatic rings. The maximum absolute atomic E-state index is 4.66. The van der Waals surface area contributed by atoms with Crippen LogP contribution in [0.3, 0.4) is 0 Å². The first-order valence-corrected chi connectivity index (χ1v) is 14.6. The van der Waals surface area contributed by atoms with E-state index in [0.29, 0.717) is 0 Å². The van der Waals surface area contributed by atoms with E-state index in [2.05, 4.69) is 123 Å². The molecule has 0 N–H and O–H groups in total. The van der Waals surface area contributed by atoms with Crippen LogP contribution in [0.5, 0.6) is 0 Å². The molecule has 37 heavy (non-hydrogen) atoms. The van der Waals surface area contributed by atoms with Gasteiger partial charge in [-0.25, -0.2) is 10.2 Å². The zero-order valence-electron chi connectivity index (χ0n) is 21.3. The van der Waals surface area contributed by atoms with Crippen LogP contribution in [0.1, 0.15) is 25.7 Å². The zero-order chi connectivity index (χ0) is 24.9. The molecule has 5 rings (SSSR count). The second kappa shape index (κ2) is 15.5. The number of allylic oxidation sites excluding steroid dienone is 5. The summed E-state index contributed by atoms with van der Waals surface area (Å²) in [6.45, 7) is 4.06. The Bertz CT molecular complexity index is 1110. The normalized spacial score (nSPS) is 14.8. The molecule has 0 atom stereocenters. The van der Waals surface area contributed by atoms with Crippen LogP contribution < -0.4 is 10.6 Å². The fraction of sp³-hybridized carbons (Fsp3) is 0.200. The monoisotopic (exact) mass is 597 g/mol. The molecule has 0 unspecified atom stereocenters. The van der Waals surface area contributed by atoms with Gasteiger partial charge in [0, 0.05) is 39.8 Å². The van der Waals surface area contributed by atoms with E-state index in [4.69, 9.17) is 0 Å². The van der Waals surface area contributed by atoms with Gasteiger partial charge < -0.3 is 9.19 Å². The molecule has 2 aromatic heterocycles. The summed E-state index contributed by atoms with van der Waals surface area (Å²) in [7, 11) is -1.07. The van der Waals surface area contributed by atoms with E-state index < -0.39 is 14.3 Å². The van der Waals surface area contributed by atoms with Gasteiger partial charge in [0.15, 0.2) is 0 Å². The molecule has 1 radical (unpaired) electrons. The van der Waals surface area contributed by atoms with Crippen LogP contribution in [-0.2, 0) is 19.5 Å². The molecular weight excluding hydrogens is 561 g/mol. The number of aromatic nitrogens is 4. The van der Waals surface area contributed by atoms with Crippen LogP contribution in [-0.4, -0.2) is 31.9 Å². The Kier molecular flexibility index (Phi) is 12.0. The van der Waals surface area contributed by atoms with Crippen molar-refractivity contribution in [3.63, 3.8) is 0 Å². The SMILES string of the molecule is C1=C\CC/C=C\CC/1.C=CC[B-](C[PH+](c1ccccc1)c1ccccc1)(n1cccn1)n1cccn1.[Rh]. The van der Waals surface area contributed by atoms with E-state index >= 15 is 0 Å². The Labute approximate surface area is 235 Å². The number of hydrogen-bond donors (Lipinski definition) is 0. The quantitative estimate of drug-likeness (QED) is 0.138. The van der Waals surface area contributed by atoms with Crippen LogP contribution in [0.25, 0.3) is 0 Å². The molecule has 0 aliphatic heterocycles. The summed E-state index contributed by atoms with van der Waals surface area (Å²) >= 11 is 0. The van der Waals surface area contributed by atoms with Crippen molar-refractivity contribution in [3.05, 3.63) is 135 Å². The molecule has 2 aromatic carbocycles. The van der Waals surface area contributed by atoms with Gasteiger partial charge in [-0.15, -0.1) is 19.0 Å². The van der Waals surface area contributed by atoms with Gasteiger partial charge in [0.05, 0.1) is 10.6 Å². The maximum atomic E-state index is 4.66. The molecule has 0 amide bonds. The smallest absolute Gasteiger partial charge is 0.263 e. The zero-order valence-corrected chi connectivity index (χ0v) is 23.9. The second-order valence-corrected chi connectivity index (χ2v) is 11.7. The molecule has 1 aliphatic rings. The minimum Gasteiger partial charge on any atom is -0.419 e. The van der Waals surface area contributed by atoms with Crippen molar-refractivity contribution in [1.82, 2.24) is 19.4 Å². The van der Waals surface area contributed by atoms with Crippen LogP contribution in [0.2, 0.25) is 6.32 Å². The number of rotatable bonds is 8. The predicted molar refractivity (Wildman–Crippen MR) is 158 cm³/mol. The van der Waals surface area contributed by atoms with Crippen molar-refractivity contribution in [2.24, 2.45) is 0 Å². The molecule has 0 bridgehead atoms. The third-order valence-electron chi connectivity index (χ3n) is 6.69. The van der Waals surface area contributed by atoms with Gasteiger partial charge in [-0.2, -0.15) is 0 Å². The molecule has 0 saturated carbocycles. The van der Waals surface area contributed by atoms with Crippen LogP contribution in [0, 0.1) is 0 Å². The van der Waals surface area contributed by atoms with Gasteiger partial charge >= 0.3 is 0 Å². The first kappa shape index (κ1) is 28.8. The molecule has 0 fully saturated rings. The van der Waals surface area contributed by atoms with E-state index in [1.165, 1.54) is 36.3 Å². The van der Waals surface area contributed by atoms with Crippen molar-refractivity contribution < 1.29 is 19.5 Å². The van der Waals surface area contributed by atoms with Crippen LogP contribution in [0.4, 0.5) is 0 Å². The van der Waals surface area contributed by atoms with E-state index in [9.17, 15) is 0 Å². The Balaban J connectivity index is 0.000000363. The maximum Gasteiger partial charge on any atom is 0.263 e. The third-order valence-corrected chi connectivity index (χ3v) is 9.81. The molecule has 193 valence electrons. The summed E-state index contributed by atoms with van der Waals surface area (Å²) in [4.78, 5) is 0. The van der Waals surface area contributed by atoms with E-state index in [0.717, 1.165) is 12.4 Å². The summed E-state index contributed by atoms with van der Waals surface area (Å²) in [6, 6.07) is 26.6. The van der Waals surface area contributed by atoms with Gasteiger partial charge in [0.2, 0.25) is 0 Å². The van der Waals surface area contributed by atoms with Crippen molar-refractivity contribution >= 4 is 24.9 Å². The van der Waals surface area contributed by atoms with Crippen molar-refractivity contribution in [3.8, 4) is 0 Å². The first-order valence-electron chi connectivity index (χ1n) is 12.9. The van der Waals surface area contributed by atoms with Gasteiger partial charge in [0.1, 0.15) is 0 Å². The standard InChI is InChI=1S/C22H23BN4P.C8H12.Rh/c1-2-15-23(26-18-9-16-24-26,27-19-10-17-25-27)20-28(21-11-5-3-6-12-21)22-13-7-4-8-14-22;1-2-4-6-8-7-5-3-1;/h2-14,16-19H,1,15,20H2;1-2,7-8H,3-6H2;/q-1;;/p+1/b;2-1-,8-7-;. The fourth-order valence-electron chi connectivity index (χ4n) is 4.87. The number of hydrogen-bond acceptors (Lipinski definition) is 2. The van der Waals surface area contributed by atoms with Gasteiger partial charge in [-0.05, 0) is 80.5 Å². The topological polar surface area (TPSA) is 35.6 Å². The van der Waals surface area contributed by atoms with Crippen LogP contribution in [0.15, 0.2) is 135 Å². The van der Waals surface area contributed by atoms with Crippen molar-refractivity contribution in [2.75, 3.05) is 6.06 Å². The Morgan fingerprint density at radius 1 is 0.703 bits per heavy atom. The Morgan fingerprint density at radius 2 is 1.14 bits per heavy atom. The second-order valence-electron chi connectivity index (χ2n) is 9.14. The summed E-state index contributed by atoms with van der Waals surface area (Å²) in [5, 5.41) is 12.1. The Hall–Kier alpha value is -2.80. The molecule has 0 saturated heterocycles. The third kappa shape index (κ3) is 7.84. The van der Waals surface area contributed by atoms with Crippen LogP contribution >= 0.6 is 7.92 Å². The predicted octanol–water partition coefficient (Wildman–Crippen LogP) is 6.18. The van der Waals surface area contributed by atoms with Crippen molar-refractivity contribution in [1.29, 1.82) is 0 Å². The number of benzene rings is 2.